The highest BCUT2D eigenvalue weighted by Gasteiger charge is 2.42. The minimum absolute atomic E-state index is 0.221. The second kappa shape index (κ2) is 8.15. The van der Waals surface area contributed by atoms with Crippen molar-refractivity contribution in [2.45, 2.75) is 52.1 Å². The largest absolute Gasteiger partial charge is 0.488 e. The normalized spacial score (nSPS) is 16.5. The number of benzene rings is 1. The smallest absolute Gasteiger partial charge is 0.462 e. The van der Waals surface area contributed by atoms with Crippen LogP contribution in [0.4, 0.5) is 5.00 Å². The van der Waals surface area contributed by atoms with Gasteiger partial charge in [-0.2, -0.15) is 0 Å². The van der Waals surface area contributed by atoms with E-state index in [-0.39, 0.29) is 23.6 Å². The van der Waals surface area contributed by atoms with Crippen molar-refractivity contribution in [3.63, 3.8) is 0 Å². The molecule has 1 amide bonds. The molecule has 0 spiro atoms. The number of amides is 1. The van der Waals surface area contributed by atoms with Gasteiger partial charge in [0.1, 0.15) is 5.00 Å². The van der Waals surface area contributed by atoms with Crippen LogP contribution in [0.5, 0.6) is 0 Å². The molecule has 1 aliphatic heterocycles. The van der Waals surface area contributed by atoms with Gasteiger partial charge in [0.25, 0.3) is 5.91 Å². The summed E-state index contributed by atoms with van der Waals surface area (Å²) in [6, 6.07) is 5.97. The standard InChI is InChI=1S/C21H27BN2O5S/c1-6-29-19(26)15-14-11-20(2,3)24-21(4,5)16(14)30-18(15)23-17(25)12-7-9-13(10-8-12)22(27)28/h7-10,24,27-28H,6,11H2,1-5H3,(H,23,25). The maximum absolute atomic E-state index is 12.8. The third-order valence-electron chi connectivity index (χ3n) is 5.02. The summed E-state index contributed by atoms with van der Waals surface area (Å²) in [5.74, 6) is -0.833. The maximum Gasteiger partial charge on any atom is 0.488 e. The SMILES string of the molecule is CCOC(=O)c1c(NC(=O)c2ccc(B(O)O)cc2)sc2c1CC(C)(C)NC2(C)C. The first-order valence-corrected chi connectivity index (χ1v) is 10.7. The molecule has 30 heavy (non-hydrogen) atoms. The molecule has 2 heterocycles. The van der Waals surface area contributed by atoms with Crippen LogP contribution in [0.1, 0.15) is 65.8 Å². The highest BCUT2D eigenvalue weighted by molar-refractivity contribution is 7.17. The van der Waals surface area contributed by atoms with Gasteiger partial charge in [-0.05, 0) is 64.2 Å². The Morgan fingerprint density at radius 3 is 2.40 bits per heavy atom. The summed E-state index contributed by atoms with van der Waals surface area (Å²) >= 11 is 1.38. The molecule has 0 fully saturated rings. The lowest BCUT2D eigenvalue weighted by atomic mass is 9.80. The number of esters is 1. The van der Waals surface area contributed by atoms with E-state index >= 15 is 0 Å². The summed E-state index contributed by atoms with van der Waals surface area (Å²) in [6.07, 6.45) is 0.634. The number of hydrogen-bond donors (Lipinski definition) is 4. The lowest BCUT2D eigenvalue weighted by Crippen LogP contribution is -2.55. The third-order valence-corrected chi connectivity index (χ3v) is 6.49. The van der Waals surface area contributed by atoms with Crippen molar-refractivity contribution in [1.29, 1.82) is 0 Å². The Kier molecular flexibility index (Phi) is 6.11. The van der Waals surface area contributed by atoms with Crippen LogP contribution in [-0.2, 0) is 16.7 Å². The summed E-state index contributed by atoms with van der Waals surface area (Å²) in [5, 5.41) is 25.4. The molecule has 3 rings (SSSR count). The minimum Gasteiger partial charge on any atom is -0.462 e. The first kappa shape index (κ1) is 22.5. The molecular formula is C21H27BN2O5S. The highest BCUT2D eigenvalue weighted by Crippen LogP contribution is 2.45. The predicted octanol–water partition coefficient (Wildman–Crippen LogP) is 2.02. The Morgan fingerprint density at radius 2 is 1.83 bits per heavy atom. The zero-order chi connectivity index (χ0) is 22.3. The van der Waals surface area contributed by atoms with Gasteiger partial charge in [0.2, 0.25) is 0 Å². The summed E-state index contributed by atoms with van der Waals surface area (Å²) in [4.78, 5) is 26.6. The van der Waals surface area contributed by atoms with Crippen LogP contribution in [0.15, 0.2) is 24.3 Å². The minimum atomic E-state index is -1.60. The Bertz CT molecular complexity index is 967. The van der Waals surface area contributed by atoms with Gasteiger partial charge >= 0.3 is 13.1 Å². The van der Waals surface area contributed by atoms with Crippen molar-refractivity contribution in [2.75, 3.05) is 11.9 Å². The van der Waals surface area contributed by atoms with E-state index in [1.807, 2.05) is 0 Å². The van der Waals surface area contributed by atoms with Gasteiger partial charge < -0.3 is 25.4 Å². The van der Waals surface area contributed by atoms with Crippen molar-refractivity contribution in [1.82, 2.24) is 5.32 Å². The van der Waals surface area contributed by atoms with Crippen LogP contribution < -0.4 is 16.1 Å². The average molecular weight is 430 g/mol. The molecule has 0 unspecified atom stereocenters. The van der Waals surface area contributed by atoms with Crippen LogP contribution in [0.3, 0.4) is 0 Å². The molecule has 0 atom stereocenters. The quantitative estimate of drug-likeness (QED) is 0.427. The van der Waals surface area contributed by atoms with E-state index in [9.17, 15) is 19.6 Å². The molecule has 0 aliphatic carbocycles. The number of fused-ring (bicyclic) bond motifs is 1. The molecule has 160 valence electrons. The van der Waals surface area contributed by atoms with Gasteiger partial charge in [-0.15, -0.1) is 11.3 Å². The number of thiophene rings is 1. The Labute approximate surface area is 180 Å². The lowest BCUT2D eigenvalue weighted by Gasteiger charge is -2.42. The van der Waals surface area contributed by atoms with E-state index in [0.29, 0.717) is 28.0 Å². The van der Waals surface area contributed by atoms with Gasteiger partial charge in [-0.3, -0.25) is 4.79 Å². The highest BCUT2D eigenvalue weighted by atomic mass is 32.1. The first-order valence-electron chi connectivity index (χ1n) is 9.85. The molecule has 1 aromatic carbocycles. The summed E-state index contributed by atoms with van der Waals surface area (Å²) in [7, 11) is -1.60. The molecule has 7 nitrogen and oxygen atoms in total. The topological polar surface area (TPSA) is 108 Å². The van der Waals surface area contributed by atoms with E-state index < -0.39 is 13.1 Å². The zero-order valence-electron chi connectivity index (χ0n) is 17.8. The van der Waals surface area contributed by atoms with Crippen LogP contribution in [0, 0.1) is 0 Å². The Balaban J connectivity index is 2.01. The molecule has 4 N–H and O–H groups in total. The fourth-order valence-electron chi connectivity index (χ4n) is 4.02. The van der Waals surface area contributed by atoms with Gasteiger partial charge in [-0.1, -0.05) is 12.1 Å². The number of carbonyl (C=O) groups is 2. The fourth-order valence-corrected chi connectivity index (χ4v) is 5.28. The van der Waals surface area contributed by atoms with Crippen LogP contribution in [-0.4, -0.2) is 41.2 Å². The van der Waals surface area contributed by atoms with Crippen molar-refractivity contribution in [2.24, 2.45) is 0 Å². The zero-order valence-corrected chi connectivity index (χ0v) is 18.6. The third kappa shape index (κ3) is 4.44. The summed E-state index contributed by atoms with van der Waals surface area (Å²) in [6.45, 7) is 10.3. The molecule has 0 saturated carbocycles. The van der Waals surface area contributed by atoms with Crippen LogP contribution in [0.25, 0.3) is 0 Å². The van der Waals surface area contributed by atoms with E-state index in [0.717, 1.165) is 10.4 Å². The molecule has 0 radical (unpaired) electrons. The van der Waals surface area contributed by atoms with Crippen molar-refractivity contribution >= 4 is 40.8 Å². The van der Waals surface area contributed by atoms with Crippen LogP contribution in [0.2, 0.25) is 0 Å². The van der Waals surface area contributed by atoms with E-state index in [2.05, 4.69) is 38.3 Å². The van der Waals surface area contributed by atoms with E-state index in [1.165, 1.54) is 35.6 Å². The van der Waals surface area contributed by atoms with Crippen molar-refractivity contribution in [3.8, 4) is 0 Å². The number of ether oxygens (including phenoxy) is 1. The molecule has 2 aromatic rings. The van der Waals surface area contributed by atoms with Crippen LogP contribution >= 0.6 is 11.3 Å². The number of carbonyl (C=O) groups excluding carboxylic acids is 2. The van der Waals surface area contributed by atoms with Gasteiger partial charge in [-0.25, -0.2) is 4.79 Å². The van der Waals surface area contributed by atoms with E-state index in [4.69, 9.17) is 4.74 Å². The molecular weight excluding hydrogens is 403 g/mol. The number of rotatable bonds is 5. The lowest BCUT2D eigenvalue weighted by molar-refractivity contribution is 0.0525. The summed E-state index contributed by atoms with van der Waals surface area (Å²) < 4.78 is 5.30. The molecule has 0 bridgehead atoms. The first-order chi connectivity index (χ1) is 13.9. The second-order valence-corrected chi connectivity index (χ2v) is 9.62. The monoisotopic (exact) mass is 430 g/mol. The average Bonchev–Trinajstić information content (AvgIpc) is 2.99. The van der Waals surface area contributed by atoms with Gasteiger partial charge in [0.05, 0.1) is 12.2 Å². The molecule has 9 heteroatoms. The molecule has 0 saturated heterocycles. The molecule has 1 aromatic heterocycles. The fraction of sp³-hybridized carbons (Fsp3) is 0.429. The number of anilines is 1. The molecule has 1 aliphatic rings. The van der Waals surface area contributed by atoms with E-state index in [1.54, 1.807) is 6.92 Å². The Hall–Kier alpha value is -2.20. The number of nitrogens with one attached hydrogen (secondary N) is 2. The second-order valence-electron chi connectivity index (χ2n) is 8.59. The predicted molar refractivity (Wildman–Crippen MR) is 118 cm³/mol. The number of hydrogen-bond acceptors (Lipinski definition) is 7. The van der Waals surface area contributed by atoms with Crippen molar-refractivity contribution < 1.29 is 24.4 Å². The summed E-state index contributed by atoms with van der Waals surface area (Å²) in [5.41, 5.74) is 1.36. The Morgan fingerprint density at radius 1 is 1.20 bits per heavy atom. The van der Waals surface area contributed by atoms with Gasteiger partial charge in [0.15, 0.2) is 0 Å². The van der Waals surface area contributed by atoms with Gasteiger partial charge in [0, 0.05) is 21.5 Å². The maximum atomic E-state index is 12.8. The van der Waals surface area contributed by atoms with Crippen molar-refractivity contribution in [3.05, 3.63) is 45.8 Å².